The number of aliphatic carboxylic acids is 1. The Balaban J connectivity index is 4.39. The molecule has 2 unspecified atom stereocenters. The number of carboxylic acid groups (broad SMARTS) is 1. The fourth-order valence-corrected chi connectivity index (χ4v) is 6.69. The second kappa shape index (κ2) is 41.5. The van der Waals surface area contributed by atoms with E-state index < -0.39 is 24.3 Å². The van der Waals surface area contributed by atoms with E-state index in [4.69, 9.17) is 18.9 Å². The number of hydrogen-bond acceptors (Lipinski definition) is 7. The van der Waals surface area contributed by atoms with Crippen molar-refractivity contribution in [2.45, 2.75) is 225 Å². The molecule has 9 nitrogen and oxygen atoms in total. The van der Waals surface area contributed by atoms with Gasteiger partial charge in [0, 0.05) is 12.8 Å². The molecule has 2 atom stereocenters. The lowest BCUT2D eigenvalue weighted by Gasteiger charge is -2.25. The number of carbonyl (C=O) groups is 3. The summed E-state index contributed by atoms with van der Waals surface area (Å²) in [5.74, 6) is -2.01. The number of unbranched alkanes of at least 4 members (excludes halogenated alkanes) is 25. The Bertz CT molecular complexity index is 1010. The highest BCUT2D eigenvalue weighted by atomic mass is 16.7. The minimum Gasteiger partial charge on any atom is -0.477 e. The van der Waals surface area contributed by atoms with E-state index in [1.54, 1.807) is 0 Å². The average molecular weight is 823 g/mol. The van der Waals surface area contributed by atoms with Crippen molar-refractivity contribution in [1.82, 2.24) is 0 Å². The Morgan fingerprint density at radius 1 is 0.517 bits per heavy atom. The van der Waals surface area contributed by atoms with Crippen LogP contribution in [-0.4, -0.2) is 87.4 Å². The van der Waals surface area contributed by atoms with Gasteiger partial charge in [0.1, 0.15) is 13.2 Å². The van der Waals surface area contributed by atoms with Crippen molar-refractivity contribution in [3.05, 3.63) is 24.3 Å². The van der Waals surface area contributed by atoms with Gasteiger partial charge in [0.05, 0.1) is 34.4 Å². The summed E-state index contributed by atoms with van der Waals surface area (Å²) in [6.45, 7) is 4.87. The summed E-state index contributed by atoms with van der Waals surface area (Å²) in [5, 5.41) is 9.65. The fraction of sp³-hybridized carbons (Fsp3) is 0.857. The van der Waals surface area contributed by atoms with E-state index in [2.05, 4.69) is 38.2 Å². The molecular weight excluding hydrogens is 731 g/mol. The van der Waals surface area contributed by atoms with Crippen LogP contribution in [0.3, 0.4) is 0 Å². The minimum absolute atomic E-state index is 0.181. The third-order valence-corrected chi connectivity index (χ3v) is 10.5. The molecule has 0 aliphatic heterocycles. The summed E-state index contributed by atoms with van der Waals surface area (Å²) in [6, 6.07) is 0. The van der Waals surface area contributed by atoms with E-state index in [1.165, 1.54) is 128 Å². The lowest BCUT2D eigenvalue weighted by atomic mass is 10.0. The molecule has 0 spiro atoms. The number of carbonyl (C=O) groups excluding carboxylic acids is 2. The van der Waals surface area contributed by atoms with Crippen molar-refractivity contribution in [2.24, 2.45) is 0 Å². The second-order valence-electron chi connectivity index (χ2n) is 17.4. The van der Waals surface area contributed by atoms with Gasteiger partial charge in [-0.05, 0) is 44.9 Å². The predicted molar refractivity (Wildman–Crippen MR) is 240 cm³/mol. The molecule has 0 rings (SSSR count). The van der Waals surface area contributed by atoms with Crippen molar-refractivity contribution < 1.29 is 42.9 Å². The summed E-state index contributed by atoms with van der Waals surface area (Å²) in [4.78, 5) is 37.2. The molecule has 0 heterocycles. The number of likely N-dealkylation sites (N-methyl/N-ethyl adjacent to an activating group) is 1. The molecule has 0 aromatic carbocycles. The van der Waals surface area contributed by atoms with E-state index in [0.717, 1.165) is 51.4 Å². The third kappa shape index (κ3) is 41.9. The van der Waals surface area contributed by atoms with Crippen LogP contribution >= 0.6 is 0 Å². The maximum atomic E-state index is 12.8. The van der Waals surface area contributed by atoms with Gasteiger partial charge in [-0.15, -0.1) is 0 Å². The quantitative estimate of drug-likeness (QED) is 0.0213. The van der Waals surface area contributed by atoms with E-state index in [1.807, 2.05) is 21.1 Å². The molecule has 0 amide bonds. The zero-order valence-corrected chi connectivity index (χ0v) is 38.5. The van der Waals surface area contributed by atoms with E-state index in [0.29, 0.717) is 23.9 Å². The number of carboxylic acids is 1. The number of quaternary nitrogens is 1. The van der Waals surface area contributed by atoms with Gasteiger partial charge in [0.15, 0.2) is 6.10 Å². The third-order valence-electron chi connectivity index (χ3n) is 10.5. The van der Waals surface area contributed by atoms with Crippen molar-refractivity contribution >= 4 is 17.9 Å². The summed E-state index contributed by atoms with van der Waals surface area (Å²) in [7, 11) is 5.96. The molecule has 0 fully saturated rings. The summed E-state index contributed by atoms with van der Waals surface area (Å²) >= 11 is 0. The first-order valence-corrected chi connectivity index (χ1v) is 24.0. The van der Waals surface area contributed by atoms with Gasteiger partial charge in [-0.25, -0.2) is 4.79 Å². The Hall–Kier alpha value is -2.23. The highest BCUT2D eigenvalue weighted by Crippen LogP contribution is 2.15. The monoisotopic (exact) mass is 823 g/mol. The zero-order valence-electron chi connectivity index (χ0n) is 38.5. The van der Waals surface area contributed by atoms with Crippen LogP contribution in [0.1, 0.15) is 213 Å². The first kappa shape index (κ1) is 55.8. The largest absolute Gasteiger partial charge is 0.477 e. The molecule has 0 aliphatic carbocycles. The normalized spacial score (nSPS) is 13.1. The van der Waals surface area contributed by atoms with Crippen LogP contribution in [0.2, 0.25) is 0 Å². The number of ether oxygens (including phenoxy) is 4. The molecule has 0 bridgehead atoms. The summed E-state index contributed by atoms with van der Waals surface area (Å²) in [6.07, 6.45) is 42.3. The van der Waals surface area contributed by atoms with Crippen LogP contribution in [0.4, 0.5) is 0 Å². The summed E-state index contributed by atoms with van der Waals surface area (Å²) < 4.78 is 22.8. The lowest BCUT2D eigenvalue weighted by molar-refractivity contribution is -0.870. The number of esters is 2. The van der Waals surface area contributed by atoms with Crippen LogP contribution < -0.4 is 0 Å². The summed E-state index contributed by atoms with van der Waals surface area (Å²) in [5.41, 5.74) is 0. The van der Waals surface area contributed by atoms with Crippen molar-refractivity contribution in [3.63, 3.8) is 0 Å². The van der Waals surface area contributed by atoms with Gasteiger partial charge in [-0.2, -0.15) is 0 Å². The van der Waals surface area contributed by atoms with Crippen LogP contribution in [0, 0.1) is 0 Å². The topological polar surface area (TPSA) is 108 Å². The molecule has 58 heavy (non-hydrogen) atoms. The number of rotatable bonds is 44. The van der Waals surface area contributed by atoms with Gasteiger partial charge in [-0.1, -0.05) is 179 Å². The molecule has 340 valence electrons. The van der Waals surface area contributed by atoms with Crippen molar-refractivity contribution in [3.8, 4) is 0 Å². The number of allylic oxidation sites excluding steroid dienone is 4. The SMILES string of the molecule is CCCCCC/C=C\C/C=C\CCCCCCCCCC(=O)OC(COC(=O)CCCCCCCCCCCCCCCCC)COC(OCC[N+](C)(C)C)C(=O)O. The molecule has 0 radical (unpaired) electrons. The predicted octanol–water partition coefficient (Wildman–Crippen LogP) is 12.8. The van der Waals surface area contributed by atoms with Gasteiger partial charge < -0.3 is 28.5 Å². The zero-order chi connectivity index (χ0) is 42.8. The maximum absolute atomic E-state index is 12.8. The van der Waals surface area contributed by atoms with Crippen molar-refractivity contribution in [1.29, 1.82) is 0 Å². The second-order valence-corrected chi connectivity index (χ2v) is 17.4. The highest BCUT2D eigenvalue weighted by molar-refractivity contribution is 5.71. The fourth-order valence-electron chi connectivity index (χ4n) is 6.69. The maximum Gasteiger partial charge on any atom is 0.361 e. The Labute approximate surface area is 357 Å². The van der Waals surface area contributed by atoms with Crippen molar-refractivity contribution in [2.75, 3.05) is 47.5 Å². The number of hydrogen-bond donors (Lipinski definition) is 1. The van der Waals surface area contributed by atoms with Gasteiger partial charge in [0.25, 0.3) is 6.29 Å². The first-order valence-electron chi connectivity index (χ1n) is 24.0. The smallest absolute Gasteiger partial charge is 0.361 e. The van der Waals surface area contributed by atoms with Crippen LogP contribution in [0.5, 0.6) is 0 Å². The van der Waals surface area contributed by atoms with Gasteiger partial charge in [0.2, 0.25) is 0 Å². The Morgan fingerprint density at radius 3 is 1.38 bits per heavy atom. The minimum atomic E-state index is -1.51. The standard InChI is InChI=1S/C49H91NO8/c1-6-8-10-12-14-16-18-20-22-23-24-26-28-30-32-34-36-38-40-47(52)58-45(44-57-49(48(53)54)55-42-41-50(3,4)5)43-56-46(51)39-37-35-33-31-29-27-25-21-19-17-15-13-11-9-7-2/h16,18,22-23,45,49H,6-15,17,19-21,24-44H2,1-5H3/p+1/b18-16-,23-22-. The molecule has 9 heteroatoms. The van der Waals surface area contributed by atoms with E-state index >= 15 is 0 Å². The molecule has 1 N–H and O–H groups in total. The average Bonchev–Trinajstić information content (AvgIpc) is 3.18. The van der Waals surface area contributed by atoms with Gasteiger partial charge >= 0.3 is 17.9 Å². The Kier molecular flexibility index (Phi) is 39.9. The Morgan fingerprint density at radius 2 is 0.931 bits per heavy atom. The highest BCUT2D eigenvalue weighted by Gasteiger charge is 2.25. The van der Waals surface area contributed by atoms with Crippen LogP contribution in [0.25, 0.3) is 0 Å². The van der Waals surface area contributed by atoms with E-state index in [-0.39, 0.29) is 32.2 Å². The molecule has 0 saturated heterocycles. The molecule has 0 aromatic heterocycles. The molecular formula is C49H92NO8+. The number of nitrogens with zero attached hydrogens (tertiary/aromatic N) is 1. The van der Waals surface area contributed by atoms with E-state index in [9.17, 15) is 19.5 Å². The van der Waals surface area contributed by atoms with Crippen LogP contribution in [0.15, 0.2) is 24.3 Å². The lowest BCUT2D eigenvalue weighted by Crippen LogP contribution is -2.40. The van der Waals surface area contributed by atoms with Gasteiger partial charge in [-0.3, -0.25) is 9.59 Å². The molecule has 0 saturated carbocycles. The first-order chi connectivity index (χ1) is 28.1. The van der Waals surface area contributed by atoms with Crippen LogP contribution in [-0.2, 0) is 33.3 Å². The molecule has 0 aliphatic rings. The molecule has 0 aromatic rings.